The van der Waals surface area contributed by atoms with Gasteiger partial charge in [0.15, 0.2) is 5.78 Å². The van der Waals surface area contributed by atoms with Crippen molar-refractivity contribution in [3.63, 3.8) is 0 Å². The maximum absolute atomic E-state index is 13.2. The molecule has 0 aliphatic rings. The van der Waals surface area contributed by atoms with Crippen molar-refractivity contribution in [3.05, 3.63) is 97.1 Å². The molecule has 4 N–H and O–H groups in total. The number of Topliss-reactive ketones (excluding diaryl/α,β-unsaturated/α-hetero) is 1. The number of nitrogens with one attached hydrogen (secondary N) is 3. The van der Waals surface area contributed by atoms with E-state index in [-0.39, 0.29) is 0 Å². The lowest BCUT2D eigenvalue weighted by Gasteiger charge is -2.24. The van der Waals surface area contributed by atoms with Crippen LogP contribution >= 0.6 is 0 Å². The van der Waals surface area contributed by atoms with Crippen LogP contribution in [0.1, 0.15) is 20.3 Å². The Kier molecular flexibility index (Phi) is 10.4. The second-order valence-corrected chi connectivity index (χ2v) is 10.5. The summed E-state index contributed by atoms with van der Waals surface area (Å²) in [5, 5.41) is 18.4. The first-order chi connectivity index (χ1) is 21.1. The van der Waals surface area contributed by atoms with Crippen LogP contribution in [0.4, 0.5) is 5.69 Å². The molecule has 0 radical (unpaired) electrons. The largest absolute Gasteiger partial charge is 0.486 e. The normalized spacial score (nSPS) is 12.2. The van der Waals surface area contributed by atoms with Crippen molar-refractivity contribution in [2.24, 2.45) is 5.92 Å². The molecule has 0 fully saturated rings. The molecular formula is C34H33N3O7. The molecule has 0 aromatic heterocycles. The van der Waals surface area contributed by atoms with E-state index in [0.717, 1.165) is 21.9 Å². The second-order valence-electron chi connectivity index (χ2n) is 10.5. The van der Waals surface area contributed by atoms with Crippen molar-refractivity contribution in [1.82, 2.24) is 10.6 Å². The maximum Gasteiger partial charge on any atom is 0.313 e. The molecule has 2 atom stereocenters. The van der Waals surface area contributed by atoms with Crippen LogP contribution in [0.25, 0.3) is 21.9 Å². The highest BCUT2D eigenvalue weighted by molar-refractivity contribution is 6.40. The van der Waals surface area contributed by atoms with Crippen LogP contribution in [0.5, 0.6) is 5.75 Å². The standard InChI is InChI=1S/C34H33N3O7/c1-21(2)31(37-34(43)33(42)35-27-14-8-12-24-11-6-7-13-26(24)27)32(41)36-28(19-30(39)40)29(38)20-44-25-17-15-23(16-18-25)22-9-4-3-5-10-22/h3-18,21,28,31H,19-20H2,1-2H3,(H,35,42)(H,36,41)(H,37,43)(H,39,40)/t28-,31-/m0/s1. The zero-order chi connectivity index (χ0) is 31.6. The van der Waals surface area contributed by atoms with Gasteiger partial charge in [0.2, 0.25) is 5.91 Å². The van der Waals surface area contributed by atoms with E-state index in [1.165, 1.54) is 0 Å². The van der Waals surface area contributed by atoms with Gasteiger partial charge in [-0.1, -0.05) is 92.7 Å². The Morgan fingerprint density at radius 3 is 2.05 bits per heavy atom. The van der Waals surface area contributed by atoms with Gasteiger partial charge in [-0.15, -0.1) is 0 Å². The van der Waals surface area contributed by atoms with Gasteiger partial charge in [-0.25, -0.2) is 0 Å². The Hall–Kier alpha value is -5.51. The summed E-state index contributed by atoms with van der Waals surface area (Å²) in [5.41, 5.74) is 2.39. The Morgan fingerprint density at radius 1 is 0.727 bits per heavy atom. The number of rotatable bonds is 12. The molecule has 0 unspecified atom stereocenters. The zero-order valence-corrected chi connectivity index (χ0v) is 24.3. The summed E-state index contributed by atoms with van der Waals surface area (Å²) >= 11 is 0. The predicted octanol–water partition coefficient (Wildman–Crippen LogP) is 4.19. The molecule has 226 valence electrons. The van der Waals surface area contributed by atoms with Gasteiger partial charge in [-0.05, 0) is 40.6 Å². The van der Waals surface area contributed by atoms with Crippen molar-refractivity contribution in [3.8, 4) is 16.9 Å². The quantitative estimate of drug-likeness (QED) is 0.179. The van der Waals surface area contributed by atoms with E-state index in [1.807, 2.05) is 60.7 Å². The minimum atomic E-state index is -1.42. The number of aliphatic carboxylic acids is 1. The second kappa shape index (κ2) is 14.6. The summed E-state index contributed by atoms with van der Waals surface area (Å²) in [6, 6.07) is 26.7. The van der Waals surface area contributed by atoms with E-state index in [9.17, 15) is 29.1 Å². The molecule has 4 aromatic carbocycles. The van der Waals surface area contributed by atoms with Crippen LogP contribution in [-0.4, -0.2) is 53.3 Å². The van der Waals surface area contributed by atoms with E-state index in [4.69, 9.17) is 4.74 Å². The SMILES string of the molecule is CC(C)[C@H](NC(=O)C(=O)Nc1cccc2ccccc12)C(=O)N[C@@H](CC(=O)O)C(=O)COc1ccc(-c2ccccc2)cc1. The number of ether oxygens (including phenoxy) is 1. The molecule has 0 saturated carbocycles. The number of carbonyl (C=O) groups is 5. The molecule has 44 heavy (non-hydrogen) atoms. The lowest BCUT2D eigenvalue weighted by atomic mass is 10.0. The van der Waals surface area contributed by atoms with Gasteiger partial charge < -0.3 is 25.8 Å². The van der Waals surface area contributed by atoms with Gasteiger partial charge in [0.05, 0.1) is 6.42 Å². The van der Waals surface area contributed by atoms with Gasteiger partial charge in [0, 0.05) is 11.1 Å². The van der Waals surface area contributed by atoms with Crippen molar-refractivity contribution < 1.29 is 33.8 Å². The number of carboxylic acids is 1. The Morgan fingerprint density at radius 2 is 1.36 bits per heavy atom. The Bertz CT molecular complexity index is 1650. The molecule has 4 rings (SSSR count). The molecule has 4 aromatic rings. The third kappa shape index (κ3) is 8.28. The molecule has 0 spiro atoms. The third-order valence-corrected chi connectivity index (χ3v) is 6.91. The predicted molar refractivity (Wildman–Crippen MR) is 166 cm³/mol. The summed E-state index contributed by atoms with van der Waals surface area (Å²) in [6.07, 6.45) is -0.693. The van der Waals surface area contributed by atoms with Crippen molar-refractivity contribution >= 4 is 45.9 Å². The average molecular weight is 596 g/mol. The van der Waals surface area contributed by atoms with Crippen LogP contribution in [0, 0.1) is 5.92 Å². The Balaban J connectivity index is 1.37. The number of carboxylic acid groups (broad SMARTS) is 1. The Labute approximate surface area is 254 Å². The lowest BCUT2D eigenvalue weighted by molar-refractivity contribution is -0.141. The summed E-state index contributed by atoms with van der Waals surface area (Å²) in [5.74, 6) is -4.93. The number of ketones is 1. The number of benzene rings is 4. The zero-order valence-electron chi connectivity index (χ0n) is 24.3. The van der Waals surface area contributed by atoms with E-state index in [2.05, 4.69) is 16.0 Å². The fourth-order valence-corrected chi connectivity index (χ4v) is 4.57. The number of hydrogen-bond acceptors (Lipinski definition) is 6. The lowest BCUT2D eigenvalue weighted by Crippen LogP contribution is -2.56. The van der Waals surface area contributed by atoms with Crippen LogP contribution in [-0.2, 0) is 24.0 Å². The van der Waals surface area contributed by atoms with Crippen LogP contribution in [0.2, 0.25) is 0 Å². The topological polar surface area (TPSA) is 151 Å². The number of anilines is 1. The van der Waals surface area contributed by atoms with E-state index in [0.29, 0.717) is 11.4 Å². The fraction of sp³-hybridized carbons (Fsp3) is 0.206. The number of hydrogen-bond donors (Lipinski definition) is 4. The minimum Gasteiger partial charge on any atom is -0.486 e. The summed E-state index contributed by atoms with van der Waals surface area (Å²) in [4.78, 5) is 63.2. The van der Waals surface area contributed by atoms with Crippen molar-refractivity contribution in [2.75, 3.05) is 11.9 Å². The molecule has 3 amide bonds. The summed E-state index contributed by atoms with van der Waals surface area (Å²) < 4.78 is 5.58. The molecule has 0 saturated heterocycles. The van der Waals surface area contributed by atoms with Crippen LogP contribution in [0.15, 0.2) is 97.1 Å². The van der Waals surface area contributed by atoms with E-state index in [1.54, 1.807) is 50.2 Å². The first-order valence-corrected chi connectivity index (χ1v) is 14.0. The molecule has 0 aliphatic heterocycles. The number of amides is 3. The monoisotopic (exact) mass is 595 g/mol. The van der Waals surface area contributed by atoms with Crippen molar-refractivity contribution in [1.29, 1.82) is 0 Å². The van der Waals surface area contributed by atoms with E-state index >= 15 is 0 Å². The highest BCUT2D eigenvalue weighted by Crippen LogP contribution is 2.23. The first-order valence-electron chi connectivity index (χ1n) is 14.0. The van der Waals surface area contributed by atoms with E-state index < -0.39 is 60.5 Å². The van der Waals surface area contributed by atoms with Crippen LogP contribution in [0.3, 0.4) is 0 Å². The third-order valence-electron chi connectivity index (χ3n) is 6.91. The number of fused-ring (bicyclic) bond motifs is 1. The minimum absolute atomic E-state index is 0.392. The molecule has 0 heterocycles. The van der Waals surface area contributed by atoms with Gasteiger partial charge in [-0.2, -0.15) is 0 Å². The fourth-order valence-electron chi connectivity index (χ4n) is 4.57. The molecule has 10 nitrogen and oxygen atoms in total. The molecule has 10 heteroatoms. The smallest absolute Gasteiger partial charge is 0.313 e. The van der Waals surface area contributed by atoms with Gasteiger partial charge in [0.25, 0.3) is 0 Å². The van der Waals surface area contributed by atoms with Crippen LogP contribution < -0.4 is 20.7 Å². The summed E-state index contributed by atoms with van der Waals surface area (Å²) in [6.45, 7) is 2.79. The number of carbonyl (C=O) groups excluding carboxylic acids is 4. The highest BCUT2D eigenvalue weighted by atomic mass is 16.5. The maximum atomic E-state index is 13.2. The molecule has 0 bridgehead atoms. The highest BCUT2D eigenvalue weighted by Gasteiger charge is 2.31. The van der Waals surface area contributed by atoms with Gasteiger partial charge in [0.1, 0.15) is 24.4 Å². The molecular weight excluding hydrogens is 562 g/mol. The first kappa shape index (κ1) is 31.4. The molecule has 0 aliphatic carbocycles. The summed E-state index contributed by atoms with van der Waals surface area (Å²) in [7, 11) is 0. The average Bonchev–Trinajstić information content (AvgIpc) is 3.02. The van der Waals surface area contributed by atoms with Gasteiger partial charge in [-0.3, -0.25) is 24.0 Å². The van der Waals surface area contributed by atoms with Crippen molar-refractivity contribution in [2.45, 2.75) is 32.4 Å². The van der Waals surface area contributed by atoms with Gasteiger partial charge >= 0.3 is 17.8 Å².